The molecular weight excluding hydrogens is 216 g/mol. The Morgan fingerprint density at radius 2 is 2.24 bits per heavy atom. The van der Waals surface area contributed by atoms with Crippen LogP contribution in [0.5, 0.6) is 0 Å². The van der Waals surface area contributed by atoms with E-state index in [-0.39, 0.29) is 11.4 Å². The third-order valence-corrected chi connectivity index (χ3v) is 2.55. The molecule has 0 aliphatic rings. The summed E-state index contributed by atoms with van der Waals surface area (Å²) in [5.41, 5.74) is 3.28. The summed E-state index contributed by atoms with van der Waals surface area (Å²) in [7, 11) is 0. The summed E-state index contributed by atoms with van der Waals surface area (Å²) in [5.74, 6) is 5.20. The molecule has 0 aromatic carbocycles. The molecule has 94 valence electrons. The van der Waals surface area contributed by atoms with Crippen LogP contribution in [0.25, 0.3) is 0 Å². The molecule has 0 atom stereocenters. The Balaban J connectivity index is 2.83. The van der Waals surface area contributed by atoms with Crippen molar-refractivity contribution in [2.24, 2.45) is 5.84 Å². The van der Waals surface area contributed by atoms with Gasteiger partial charge in [-0.15, -0.1) is 0 Å². The van der Waals surface area contributed by atoms with Crippen LogP contribution in [0.1, 0.15) is 44.0 Å². The molecule has 0 aliphatic carbocycles. The lowest BCUT2D eigenvalue weighted by Crippen LogP contribution is -2.43. The molecule has 0 fully saturated rings. The average molecular weight is 236 g/mol. The minimum absolute atomic E-state index is 0.140. The van der Waals surface area contributed by atoms with Crippen molar-refractivity contribution in [3.63, 3.8) is 0 Å². The van der Waals surface area contributed by atoms with Gasteiger partial charge in [0.2, 0.25) is 0 Å². The predicted molar refractivity (Wildman–Crippen MR) is 68.5 cm³/mol. The van der Waals surface area contributed by atoms with Gasteiger partial charge in [-0.1, -0.05) is 13.3 Å². The number of nitrogens with zero attached hydrogens (tertiary/aromatic N) is 1. The van der Waals surface area contributed by atoms with Crippen molar-refractivity contribution in [2.45, 2.75) is 39.2 Å². The monoisotopic (exact) mass is 236 g/mol. The summed E-state index contributed by atoms with van der Waals surface area (Å²) < 4.78 is 0. The highest BCUT2D eigenvalue weighted by atomic mass is 16.1. The van der Waals surface area contributed by atoms with Crippen LogP contribution in [0.4, 0.5) is 5.69 Å². The Kier molecular flexibility index (Phi) is 4.45. The smallest absolute Gasteiger partial charge is 0.253 e. The van der Waals surface area contributed by atoms with E-state index in [1.807, 2.05) is 13.8 Å². The molecule has 1 aromatic heterocycles. The third-order valence-electron chi connectivity index (χ3n) is 2.55. The molecule has 0 aliphatic heterocycles. The molecular formula is C12H20N4O. The molecule has 1 rings (SSSR count). The number of carbonyl (C=O) groups excluding carboxylic acids is 1. The number of nitrogens with one attached hydrogen (secondary N) is 2. The Hall–Kier alpha value is -1.62. The number of hydrogen-bond donors (Lipinski definition) is 3. The molecule has 0 radical (unpaired) electrons. The first kappa shape index (κ1) is 13.4. The van der Waals surface area contributed by atoms with Crippen LogP contribution in [-0.2, 0) is 0 Å². The van der Waals surface area contributed by atoms with Crippen molar-refractivity contribution in [1.82, 2.24) is 10.3 Å². The number of pyridine rings is 1. The number of nitrogens with two attached hydrogens (primary N) is 1. The Labute approximate surface area is 102 Å². The summed E-state index contributed by atoms with van der Waals surface area (Å²) in [4.78, 5) is 16.0. The zero-order chi connectivity index (χ0) is 12.9. The first-order valence-corrected chi connectivity index (χ1v) is 5.73. The fourth-order valence-corrected chi connectivity index (χ4v) is 1.77. The molecule has 1 amide bonds. The Morgan fingerprint density at radius 3 is 2.82 bits per heavy atom. The summed E-state index contributed by atoms with van der Waals surface area (Å²) >= 11 is 0. The van der Waals surface area contributed by atoms with Crippen molar-refractivity contribution in [2.75, 3.05) is 5.43 Å². The van der Waals surface area contributed by atoms with Gasteiger partial charge < -0.3 is 10.7 Å². The van der Waals surface area contributed by atoms with Gasteiger partial charge in [0.05, 0.1) is 17.4 Å². The number of anilines is 1. The van der Waals surface area contributed by atoms with Crippen LogP contribution in [0.3, 0.4) is 0 Å². The van der Waals surface area contributed by atoms with Gasteiger partial charge in [0.25, 0.3) is 5.91 Å². The SMILES string of the molecule is CCCC(C)(C)NC(=O)c1ccncc1NN. The van der Waals surface area contributed by atoms with Gasteiger partial charge in [-0.2, -0.15) is 0 Å². The van der Waals surface area contributed by atoms with Gasteiger partial charge >= 0.3 is 0 Å². The zero-order valence-corrected chi connectivity index (χ0v) is 10.6. The van der Waals surface area contributed by atoms with Crippen molar-refractivity contribution in [3.05, 3.63) is 24.0 Å². The topological polar surface area (TPSA) is 80.0 Å². The van der Waals surface area contributed by atoms with Gasteiger partial charge in [0.15, 0.2) is 0 Å². The lowest BCUT2D eigenvalue weighted by molar-refractivity contribution is 0.0909. The van der Waals surface area contributed by atoms with Crippen LogP contribution >= 0.6 is 0 Å². The first-order valence-electron chi connectivity index (χ1n) is 5.73. The van der Waals surface area contributed by atoms with Crippen molar-refractivity contribution in [3.8, 4) is 0 Å². The summed E-state index contributed by atoms with van der Waals surface area (Å²) in [6, 6.07) is 1.65. The number of amides is 1. The molecule has 17 heavy (non-hydrogen) atoms. The van der Waals surface area contributed by atoms with Crippen LogP contribution in [0, 0.1) is 0 Å². The highest BCUT2D eigenvalue weighted by Crippen LogP contribution is 2.16. The van der Waals surface area contributed by atoms with Gasteiger partial charge in [0.1, 0.15) is 0 Å². The highest BCUT2D eigenvalue weighted by Gasteiger charge is 2.21. The lowest BCUT2D eigenvalue weighted by Gasteiger charge is -2.26. The molecule has 5 heteroatoms. The Morgan fingerprint density at radius 1 is 1.53 bits per heavy atom. The van der Waals surface area contributed by atoms with E-state index in [1.165, 1.54) is 6.20 Å². The normalized spacial score (nSPS) is 11.1. The maximum absolute atomic E-state index is 12.1. The summed E-state index contributed by atoms with van der Waals surface area (Å²) in [6.45, 7) is 6.10. The molecule has 1 aromatic rings. The van der Waals surface area contributed by atoms with Crippen molar-refractivity contribution >= 4 is 11.6 Å². The number of nitrogen functional groups attached to an aromatic ring is 1. The van der Waals surface area contributed by atoms with Gasteiger partial charge in [-0.05, 0) is 26.3 Å². The quantitative estimate of drug-likeness (QED) is 0.536. The van der Waals surface area contributed by atoms with Crippen molar-refractivity contribution < 1.29 is 4.79 Å². The van der Waals surface area contributed by atoms with Crippen LogP contribution < -0.4 is 16.6 Å². The van der Waals surface area contributed by atoms with Crippen LogP contribution in [0.15, 0.2) is 18.5 Å². The second-order valence-corrected chi connectivity index (χ2v) is 4.65. The second-order valence-electron chi connectivity index (χ2n) is 4.65. The maximum Gasteiger partial charge on any atom is 0.253 e. The van der Waals surface area contributed by atoms with Crippen LogP contribution in [-0.4, -0.2) is 16.4 Å². The van der Waals surface area contributed by atoms with E-state index < -0.39 is 0 Å². The first-order chi connectivity index (χ1) is 8.00. The maximum atomic E-state index is 12.1. The minimum Gasteiger partial charge on any atom is -0.347 e. The van der Waals surface area contributed by atoms with Crippen LogP contribution in [0.2, 0.25) is 0 Å². The fraction of sp³-hybridized carbons (Fsp3) is 0.500. The van der Waals surface area contributed by atoms with E-state index >= 15 is 0 Å². The van der Waals surface area contributed by atoms with E-state index in [2.05, 4.69) is 22.7 Å². The highest BCUT2D eigenvalue weighted by molar-refractivity contribution is 5.99. The molecule has 4 N–H and O–H groups in total. The van der Waals surface area contributed by atoms with Crippen molar-refractivity contribution in [1.29, 1.82) is 0 Å². The number of hydrogen-bond acceptors (Lipinski definition) is 4. The van der Waals surface area contributed by atoms with Gasteiger partial charge in [0, 0.05) is 11.7 Å². The summed E-state index contributed by atoms with van der Waals surface area (Å²) in [6.07, 6.45) is 5.05. The molecule has 0 saturated heterocycles. The molecule has 5 nitrogen and oxygen atoms in total. The molecule has 0 spiro atoms. The average Bonchev–Trinajstić information content (AvgIpc) is 2.28. The molecule has 0 saturated carbocycles. The lowest BCUT2D eigenvalue weighted by atomic mass is 9.98. The van der Waals surface area contributed by atoms with Gasteiger partial charge in [-0.3, -0.25) is 15.6 Å². The molecule has 0 unspecified atom stereocenters. The zero-order valence-electron chi connectivity index (χ0n) is 10.6. The van der Waals surface area contributed by atoms with E-state index in [0.29, 0.717) is 11.3 Å². The number of aromatic nitrogens is 1. The molecule has 1 heterocycles. The molecule has 0 bridgehead atoms. The third kappa shape index (κ3) is 3.71. The van der Waals surface area contributed by atoms with E-state index in [1.54, 1.807) is 12.3 Å². The van der Waals surface area contributed by atoms with E-state index in [4.69, 9.17) is 5.84 Å². The van der Waals surface area contributed by atoms with E-state index in [9.17, 15) is 4.79 Å². The number of hydrazine groups is 1. The number of carbonyl (C=O) groups is 1. The second kappa shape index (κ2) is 5.63. The minimum atomic E-state index is -0.221. The largest absolute Gasteiger partial charge is 0.347 e. The predicted octanol–water partition coefficient (Wildman–Crippen LogP) is 1.68. The summed E-state index contributed by atoms with van der Waals surface area (Å²) in [5, 5.41) is 2.99. The Bertz CT molecular complexity index is 390. The van der Waals surface area contributed by atoms with E-state index in [0.717, 1.165) is 12.8 Å². The number of rotatable bonds is 5. The fourth-order valence-electron chi connectivity index (χ4n) is 1.77. The standard InChI is InChI=1S/C12H20N4O/c1-4-6-12(2,3)15-11(17)9-5-7-14-8-10(9)16-13/h5,7-8,16H,4,6,13H2,1-3H3,(H,15,17). The van der Waals surface area contributed by atoms with Gasteiger partial charge in [-0.25, -0.2) is 0 Å².